The Hall–Kier alpha value is -3.36. The van der Waals surface area contributed by atoms with Crippen molar-refractivity contribution in [2.24, 2.45) is 0 Å². The normalized spacial score (nSPS) is 15.9. The maximum atomic E-state index is 12.9. The van der Waals surface area contributed by atoms with Gasteiger partial charge in [-0.3, -0.25) is 14.3 Å². The number of nitrogens with one attached hydrogen (secondary N) is 1. The molecule has 1 saturated heterocycles. The van der Waals surface area contributed by atoms with Crippen LogP contribution in [0.2, 0.25) is 0 Å². The lowest BCUT2D eigenvalue weighted by atomic mass is 10.1. The van der Waals surface area contributed by atoms with E-state index in [2.05, 4.69) is 10.4 Å². The van der Waals surface area contributed by atoms with Gasteiger partial charge in [0.15, 0.2) is 0 Å². The number of amides is 3. The maximum absolute atomic E-state index is 12.9. The highest BCUT2D eigenvalue weighted by Gasteiger charge is 2.28. The third kappa shape index (κ3) is 5.04. The topological polar surface area (TPSA) is 96.8 Å². The first-order valence-electron chi connectivity index (χ1n) is 10.7. The van der Waals surface area contributed by atoms with Gasteiger partial charge in [-0.15, -0.1) is 0 Å². The van der Waals surface area contributed by atoms with Gasteiger partial charge in [-0.05, 0) is 24.8 Å². The van der Waals surface area contributed by atoms with Crippen LogP contribution in [-0.4, -0.2) is 70.2 Å². The zero-order valence-electron chi connectivity index (χ0n) is 17.5. The Morgan fingerprint density at radius 1 is 0.968 bits per heavy atom. The molecule has 1 fully saturated rings. The van der Waals surface area contributed by atoms with E-state index in [0.29, 0.717) is 31.7 Å². The minimum Gasteiger partial charge on any atom is -0.445 e. The van der Waals surface area contributed by atoms with Crippen LogP contribution in [0.5, 0.6) is 0 Å². The average molecular weight is 425 g/mol. The fourth-order valence-electron chi connectivity index (χ4n) is 3.96. The largest absolute Gasteiger partial charge is 0.445 e. The second-order valence-electron chi connectivity index (χ2n) is 7.77. The Bertz CT molecular complexity index is 935. The van der Waals surface area contributed by atoms with E-state index in [1.165, 1.54) is 0 Å². The number of carbonyl (C=O) groups excluding carboxylic acids is 3. The third-order valence-corrected chi connectivity index (χ3v) is 5.73. The first kappa shape index (κ1) is 20.9. The molecular formula is C22H27N5O4. The summed E-state index contributed by atoms with van der Waals surface area (Å²) in [6, 6.07) is 9.34. The molecule has 2 aromatic rings. The van der Waals surface area contributed by atoms with Gasteiger partial charge in [-0.1, -0.05) is 30.3 Å². The van der Waals surface area contributed by atoms with Gasteiger partial charge in [-0.2, -0.15) is 5.10 Å². The number of hydrogen-bond donors (Lipinski definition) is 1. The van der Waals surface area contributed by atoms with Gasteiger partial charge in [0, 0.05) is 32.7 Å². The van der Waals surface area contributed by atoms with Gasteiger partial charge in [0.05, 0.1) is 17.5 Å². The molecule has 1 aromatic heterocycles. The van der Waals surface area contributed by atoms with Crippen LogP contribution in [0.3, 0.4) is 0 Å². The van der Waals surface area contributed by atoms with E-state index in [0.717, 1.165) is 37.1 Å². The monoisotopic (exact) mass is 425 g/mol. The van der Waals surface area contributed by atoms with Crippen molar-refractivity contribution in [2.75, 3.05) is 32.7 Å². The molecule has 0 aliphatic carbocycles. The third-order valence-electron chi connectivity index (χ3n) is 5.73. The van der Waals surface area contributed by atoms with Gasteiger partial charge >= 0.3 is 6.09 Å². The Balaban J connectivity index is 1.20. The minimum atomic E-state index is -0.628. The van der Waals surface area contributed by atoms with Crippen LogP contribution in [0, 0.1) is 0 Å². The Kier molecular flexibility index (Phi) is 6.49. The second kappa shape index (κ2) is 9.63. The number of fused-ring (bicyclic) bond motifs is 1. The number of nitrogens with zero attached hydrogens (tertiary/aromatic N) is 4. The van der Waals surface area contributed by atoms with Crippen LogP contribution in [0.1, 0.15) is 34.5 Å². The first-order chi connectivity index (χ1) is 15.1. The number of aryl methyl sites for hydroxylation is 1. The number of benzene rings is 1. The van der Waals surface area contributed by atoms with Gasteiger partial charge in [0.25, 0.3) is 5.91 Å². The van der Waals surface area contributed by atoms with Gasteiger partial charge < -0.3 is 19.9 Å². The van der Waals surface area contributed by atoms with Crippen molar-refractivity contribution in [3.05, 3.63) is 53.3 Å². The number of aromatic nitrogens is 2. The van der Waals surface area contributed by atoms with E-state index in [1.54, 1.807) is 16.0 Å². The summed E-state index contributed by atoms with van der Waals surface area (Å²) < 4.78 is 7.05. The lowest BCUT2D eigenvalue weighted by Crippen LogP contribution is -2.52. The van der Waals surface area contributed by atoms with E-state index in [4.69, 9.17) is 4.74 Å². The highest BCUT2D eigenvalue weighted by molar-refractivity contribution is 5.95. The molecule has 2 aliphatic heterocycles. The minimum absolute atomic E-state index is 0.0159. The van der Waals surface area contributed by atoms with Crippen LogP contribution >= 0.6 is 0 Å². The van der Waals surface area contributed by atoms with E-state index in [9.17, 15) is 14.4 Å². The molecule has 0 radical (unpaired) electrons. The summed E-state index contributed by atoms with van der Waals surface area (Å²) >= 11 is 0. The quantitative estimate of drug-likeness (QED) is 0.782. The van der Waals surface area contributed by atoms with Crippen molar-refractivity contribution < 1.29 is 19.1 Å². The molecule has 3 heterocycles. The summed E-state index contributed by atoms with van der Waals surface area (Å²) in [7, 11) is 0. The maximum Gasteiger partial charge on any atom is 0.407 e. The Morgan fingerprint density at radius 3 is 2.48 bits per heavy atom. The number of alkyl carbamates (subject to hydrolysis) is 1. The lowest BCUT2D eigenvalue weighted by Gasteiger charge is -2.35. The Labute approximate surface area is 180 Å². The van der Waals surface area contributed by atoms with Crippen molar-refractivity contribution >= 4 is 17.9 Å². The number of rotatable bonds is 5. The van der Waals surface area contributed by atoms with Crippen molar-refractivity contribution in [1.29, 1.82) is 0 Å². The summed E-state index contributed by atoms with van der Waals surface area (Å²) in [5.41, 5.74) is 2.58. The molecule has 3 amide bonds. The Morgan fingerprint density at radius 2 is 1.71 bits per heavy atom. The zero-order chi connectivity index (χ0) is 21.6. The van der Waals surface area contributed by atoms with Gasteiger partial charge in [0.2, 0.25) is 5.91 Å². The highest BCUT2D eigenvalue weighted by Crippen LogP contribution is 2.20. The van der Waals surface area contributed by atoms with E-state index >= 15 is 0 Å². The number of hydrogen-bond acceptors (Lipinski definition) is 5. The lowest BCUT2D eigenvalue weighted by molar-refractivity contribution is -0.131. The van der Waals surface area contributed by atoms with Gasteiger partial charge in [0.1, 0.15) is 13.2 Å². The molecule has 0 spiro atoms. The van der Waals surface area contributed by atoms with Crippen LogP contribution in [0.4, 0.5) is 4.79 Å². The summed E-state index contributed by atoms with van der Waals surface area (Å²) in [4.78, 5) is 40.6. The molecule has 4 rings (SSSR count). The van der Waals surface area contributed by atoms with Crippen molar-refractivity contribution in [3.8, 4) is 0 Å². The number of piperazine rings is 1. The molecule has 0 unspecified atom stereocenters. The predicted molar refractivity (Wildman–Crippen MR) is 112 cm³/mol. The molecule has 2 aliphatic rings. The SMILES string of the molecule is O=C(NCC(=O)N1CCN(C(=O)c2cnn3c2CCCC3)CC1)OCc1ccccc1. The van der Waals surface area contributed by atoms with E-state index in [-0.39, 0.29) is 25.0 Å². The van der Waals surface area contributed by atoms with Crippen LogP contribution in [0.15, 0.2) is 36.5 Å². The first-order valence-corrected chi connectivity index (χ1v) is 10.7. The molecular weight excluding hydrogens is 398 g/mol. The summed E-state index contributed by atoms with van der Waals surface area (Å²) in [5, 5.41) is 6.84. The molecule has 164 valence electrons. The smallest absolute Gasteiger partial charge is 0.407 e. The van der Waals surface area contributed by atoms with E-state index in [1.807, 2.05) is 35.0 Å². The van der Waals surface area contributed by atoms with Crippen molar-refractivity contribution in [3.63, 3.8) is 0 Å². The van der Waals surface area contributed by atoms with Crippen LogP contribution in [0.25, 0.3) is 0 Å². The van der Waals surface area contributed by atoms with Gasteiger partial charge in [-0.25, -0.2) is 4.79 Å². The molecule has 1 N–H and O–H groups in total. The molecule has 9 heteroatoms. The fraction of sp³-hybridized carbons (Fsp3) is 0.455. The zero-order valence-corrected chi connectivity index (χ0v) is 17.5. The molecule has 0 atom stereocenters. The molecule has 9 nitrogen and oxygen atoms in total. The average Bonchev–Trinajstić information content (AvgIpc) is 3.25. The molecule has 0 saturated carbocycles. The number of carbonyl (C=O) groups is 3. The second-order valence-corrected chi connectivity index (χ2v) is 7.77. The fourth-order valence-corrected chi connectivity index (χ4v) is 3.96. The highest BCUT2D eigenvalue weighted by atomic mass is 16.5. The molecule has 1 aromatic carbocycles. The van der Waals surface area contributed by atoms with E-state index < -0.39 is 6.09 Å². The summed E-state index contributed by atoms with van der Waals surface area (Å²) in [6.07, 6.45) is 4.10. The van der Waals surface area contributed by atoms with Crippen molar-refractivity contribution in [2.45, 2.75) is 32.4 Å². The molecule has 0 bridgehead atoms. The number of ether oxygens (including phenoxy) is 1. The van der Waals surface area contributed by atoms with Crippen molar-refractivity contribution in [1.82, 2.24) is 24.9 Å². The van der Waals surface area contributed by atoms with Crippen LogP contribution < -0.4 is 5.32 Å². The predicted octanol–water partition coefficient (Wildman–Crippen LogP) is 1.43. The summed E-state index contributed by atoms with van der Waals surface area (Å²) in [6.45, 7) is 2.70. The molecule has 31 heavy (non-hydrogen) atoms. The van der Waals surface area contributed by atoms with Crippen LogP contribution in [-0.2, 0) is 29.1 Å². The standard InChI is InChI=1S/C22H27N5O4/c28-20(15-23-22(30)31-16-17-6-2-1-3-7-17)25-10-12-26(13-11-25)21(29)18-14-24-27-9-5-4-8-19(18)27/h1-3,6-7,14H,4-5,8-13,15-16H2,(H,23,30). The summed E-state index contributed by atoms with van der Waals surface area (Å²) in [5.74, 6) is -0.204.